The third kappa shape index (κ3) is 4.20. The van der Waals surface area contributed by atoms with Gasteiger partial charge in [-0.05, 0) is 35.9 Å². The molecule has 0 aliphatic heterocycles. The molecule has 0 fully saturated rings. The second-order valence-corrected chi connectivity index (χ2v) is 4.49. The van der Waals surface area contributed by atoms with E-state index in [-0.39, 0.29) is 18.9 Å². The number of nitrogens with two attached hydrogens (primary N) is 1. The van der Waals surface area contributed by atoms with Crippen molar-refractivity contribution in [3.05, 3.63) is 47.4 Å². The molecule has 2 aromatic rings. The monoisotopic (exact) mass is 294 g/mol. The van der Waals surface area contributed by atoms with Gasteiger partial charge < -0.3 is 20.2 Å². The summed E-state index contributed by atoms with van der Waals surface area (Å²) >= 11 is 5.71. The van der Waals surface area contributed by atoms with Gasteiger partial charge in [0.05, 0.1) is 25.3 Å². The topological polar surface area (TPSA) is 77.5 Å². The zero-order valence-corrected chi connectivity index (χ0v) is 11.5. The van der Waals surface area contributed by atoms with E-state index in [1.807, 2.05) is 24.3 Å². The highest BCUT2D eigenvalue weighted by Crippen LogP contribution is 2.25. The number of carbonyl (C=O) groups excluding carboxylic acids is 1. The van der Waals surface area contributed by atoms with Gasteiger partial charge in [0, 0.05) is 0 Å². The summed E-state index contributed by atoms with van der Waals surface area (Å²) in [6.07, 6.45) is 0.183. The van der Waals surface area contributed by atoms with Gasteiger partial charge in [0.15, 0.2) is 5.22 Å². The van der Waals surface area contributed by atoms with Crippen LogP contribution in [0.5, 0.6) is 5.75 Å². The number of furan rings is 1. The van der Waals surface area contributed by atoms with Crippen molar-refractivity contribution in [3.63, 3.8) is 0 Å². The highest BCUT2D eigenvalue weighted by Gasteiger charge is 2.05. The molecular formula is C14H15ClN2O3. The standard InChI is InChI=1S/C14H15ClN2O3/c15-13-6-5-10(20-13)9-17-11-3-1-2-4-12(11)19-8-7-14(16)18/h1-6,17H,7-9H2,(H2,16,18). The molecule has 5 nitrogen and oxygen atoms in total. The number of amides is 1. The van der Waals surface area contributed by atoms with Crippen LogP contribution in [0, 0.1) is 0 Å². The molecular weight excluding hydrogens is 280 g/mol. The van der Waals surface area contributed by atoms with E-state index in [4.69, 9.17) is 26.5 Å². The van der Waals surface area contributed by atoms with Crippen LogP contribution >= 0.6 is 11.6 Å². The predicted molar refractivity (Wildman–Crippen MR) is 76.8 cm³/mol. The van der Waals surface area contributed by atoms with Crippen molar-refractivity contribution in [2.45, 2.75) is 13.0 Å². The summed E-state index contributed by atoms with van der Waals surface area (Å²) in [4.78, 5) is 10.7. The van der Waals surface area contributed by atoms with Gasteiger partial charge in [0.25, 0.3) is 0 Å². The van der Waals surface area contributed by atoms with E-state index >= 15 is 0 Å². The summed E-state index contributed by atoms with van der Waals surface area (Å²) in [5, 5.41) is 3.54. The molecule has 0 saturated heterocycles. The van der Waals surface area contributed by atoms with E-state index in [2.05, 4.69) is 5.32 Å². The third-order valence-electron chi connectivity index (χ3n) is 2.58. The molecule has 1 amide bonds. The molecule has 3 N–H and O–H groups in total. The zero-order valence-electron chi connectivity index (χ0n) is 10.8. The normalized spacial score (nSPS) is 10.2. The minimum absolute atomic E-state index is 0.183. The number of nitrogens with one attached hydrogen (secondary N) is 1. The number of ether oxygens (including phenoxy) is 1. The van der Waals surface area contributed by atoms with Crippen LogP contribution in [-0.2, 0) is 11.3 Å². The van der Waals surface area contributed by atoms with Gasteiger partial charge in [0.1, 0.15) is 11.5 Å². The molecule has 0 unspecified atom stereocenters. The number of hydrogen-bond donors (Lipinski definition) is 2. The maximum atomic E-state index is 10.7. The average Bonchev–Trinajstić information content (AvgIpc) is 2.83. The van der Waals surface area contributed by atoms with Gasteiger partial charge in [-0.2, -0.15) is 0 Å². The number of primary amides is 1. The quantitative estimate of drug-likeness (QED) is 0.823. The molecule has 106 valence electrons. The molecule has 0 saturated carbocycles. The van der Waals surface area contributed by atoms with Crippen molar-refractivity contribution in [1.29, 1.82) is 0 Å². The van der Waals surface area contributed by atoms with E-state index in [0.29, 0.717) is 17.5 Å². The van der Waals surface area contributed by atoms with Crippen molar-refractivity contribution < 1.29 is 13.9 Å². The minimum Gasteiger partial charge on any atom is -0.491 e. The Kier molecular flexibility index (Phi) is 4.90. The Morgan fingerprint density at radius 3 is 2.80 bits per heavy atom. The molecule has 1 aromatic carbocycles. The van der Waals surface area contributed by atoms with Crippen LogP contribution in [0.3, 0.4) is 0 Å². The fraction of sp³-hybridized carbons (Fsp3) is 0.214. The Morgan fingerprint density at radius 1 is 1.30 bits per heavy atom. The number of benzene rings is 1. The van der Waals surface area contributed by atoms with Crippen molar-refractivity contribution in [1.82, 2.24) is 0 Å². The smallest absolute Gasteiger partial charge is 0.220 e. The van der Waals surface area contributed by atoms with Gasteiger partial charge in [-0.3, -0.25) is 4.79 Å². The van der Waals surface area contributed by atoms with Crippen LogP contribution < -0.4 is 15.8 Å². The van der Waals surface area contributed by atoms with E-state index < -0.39 is 0 Å². The predicted octanol–water partition coefficient (Wildman–Crippen LogP) is 2.80. The Labute approximate surface area is 121 Å². The Morgan fingerprint density at radius 2 is 2.10 bits per heavy atom. The van der Waals surface area contributed by atoms with Gasteiger partial charge in [-0.15, -0.1) is 0 Å². The number of anilines is 1. The summed E-state index contributed by atoms with van der Waals surface area (Å²) in [6.45, 7) is 0.740. The van der Waals surface area contributed by atoms with Gasteiger partial charge in [-0.1, -0.05) is 12.1 Å². The molecule has 0 radical (unpaired) electrons. The molecule has 20 heavy (non-hydrogen) atoms. The van der Waals surface area contributed by atoms with Crippen molar-refractivity contribution in [2.75, 3.05) is 11.9 Å². The Bertz CT molecular complexity index is 583. The van der Waals surface area contributed by atoms with E-state index in [1.165, 1.54) is 0 Å². The molecule has 1 aromatic heterocycles. The van der Waals surface area contributed by atoms with Gasteiger partial charge in [0.2, 0.25) is 5.91 Å². The molecule has 2 rings (SSSR count). The molecule has 1 heterocycles. The van der Waals surface area contributed by atoms with Crippen molar-refractivity contribution in [2.24, 2.45) is 5.73 Å². The Hall–Kier alpha value is -2.14. The van der Waals surface area contributed by atoms with Crippen LogP contribution in [0.25, 0.3) is 0 Å². The molecule has 0 spiro atoms. The van der Waals surface area contributed by atoms with E-state index in [9.17, 15) is 4.79 Å². The first-order chi connectivity index (χ1) is 9.65. The molecule has 0 bridgehead atoms. The first kappa shape index (κ1) is 14.3. The largest absolute Gasteiger partial charge is 0.491 e. The fourth-order valence-corrected chi connectivity index (χ4v) is 1.79. The molecule has 0 atom stereocenters. The number of carbonyl (C=O) groups is 1. The van der Waals surface area contributed by atoms with E-state index in [1.54, 1.807) is 12.1 Å². The van der Waals surface area contributed by atoms with Crippen molar-refractivity contribution in [3.8, 4) is 5.75 Å². The van der Waals surface area contributed by atoms with Gasteiger partial charge in [-0.25, -0.2) is 0 Å². The second kappa shape index (κ2) is 6.86. The fourth-order valence-electron chi connectivity index (χ4n) is 1.63. The molecule has 0 aliphatic rings. The lowest BCUT2D eigenvalue weighted by atomic mass is 10.3. The maximum absolute atomic E-state index is 10.7. The molecule has 6 heteroatoms. The minimum atomic E-state index is -0.388. The van der Waals surface area contributed by atoms with Crippen LogP contribution in [0.2, 0.25) is 5.22 Å². The first-order valence-corrected chi connectivity index (χ1v) is 6.51. The summed E-state index contributed by atoms with van der Waals surface area (Å²) in [7, 11) is 0. The highest BCUT2D eigenvalue weighted by atomic mass is 35.5. The Balaban J connectivity index is 1.94. The van der Waals surface area contributed by atoms with Crippen molar-refractivity contribution >= 4 is 23.2 Å². The van der Waals surface area contributed by atoms with Crippen LogP contribution in [-0.4, -0.2) is 12.5 Å². The molecule has 0 aliphatic carbocycles. The lowest BCUT2D eigenvalue weighted by Crippen LogP contribution is -2.15. The van der Waals surface area contributed by atoms with Crippen LogP contribution in [0.1, 0.15) is 12.2 Å². The maximum Gasteiger partial charge on any atom is 0.220 e. The number of hydrogen-bond acceptors (Lipinski definition) is 4. The highest BCUT2D eigenvalue weighted by molar-refractivity contribution is 6.28. The van der Waals surface area contributed by atoms with Crippen LogP contribution in [0.4, 0.5) is 5.69 Å². The lowest BCUT2D eigenvalue weighted by molar-refractivity contribution is -0.118. The second-order valence-electron chi connectivity index (χ2n) is 4.12. The summed E-state index contributed by atoms with van der Waals surface area (Å²) < 4.78 is 10.8. The zero-order chi connectivity index (χ0) is 14.4. The number of para-hydroxylation sites is 2. The van der Waals surface area contributed by atoms with Crippen LogP contribution in [0.15, 0.2) is 40.8 Å². The summed E-state index contributed by atoms with van der Waals surface area (Å²) in [5.74, 6) is 0.994. The van der Waals surface area contributed by atoms with Gasteiger partial charge >= 0.3 is 0 Å². The summed E-state index contributed by atoms with van der Waals surface area (Å²) in [5.41, 5.74) is 5.88. The SMILES string of the molecule is NC(=O)CCOc1ccccc1NCc1ccc(Cl)o1. The average molecular weight is 295 g/mol. The first-order valence-electron chi connectivity index (χ1n) is 6.13. The lowest BCUT2D eigenvalue weighted by Gasteiger charge is -2.11. The number of rotatable bonds is 7. The van der Waals surface area contributed by atoms with E-state index in [0.717, 1.165) is 11.4 Å². The summed E-state index contributed by atoms with van der Waals surface area (Å²) in [6, 6.07) is 10.9. The third-order valence-corrected chi connectivity index (χ3v) is 2.78. The number of halogens is 1.